The van der Waals surface area contributed by atoms with Crippen LogP contribution in [0, 0.1) is 5.92 Å². The second-order valence-electron chi connectivity index (χ2n) is 5.11. The third-order valence-corrected chi connectivity index (χ3v) is 3.21. The molecule has 1 rings (SSSR count). The van der Waals surface area contributed by atoms with E-state index >= 15 is 0 Å². The monoisotopic (exact) mass is 228 g/mol. The van der Waals surface area contributed by atoms with E-state index < -0.39 is 0 Å². The molecule has 1 fully saturated rings. The fourth-order valence-corrected chi connectivity index (χ4v) is 2.27. The molecule has 1 saturated carbocycles. The molecule has 1 aliphatic carbocycles. The number of carbonyl (C=O) groups excluding carboxylic acids is 1. The summed E-state index contributed by atoms with van der Waals surface area (Å²) in [5, 5.41) is 2.92. The Balaban J connectivity index is 2.20. The molecule has 94 valence electrons. The van der Waals surface area contributed by atoms with Gasteiger partial charge in [0.1, 0.15) is 0 Å². The van der Waals surface area contributed by atoms with Gasteiger partial charge in [0.2, 0.25) is 5.91 Å². The van der Waals surface area contributed by atoms with E-state index in [0.717, 1.165) is 25.7 Å². The van der Waals surface area contributed by atoms with E-state index in [4.69, 9.17) is 10.5 Å². The minimum absolute atomic E-state index is 0.0763. The van der Waals surface area contributed by atoms with Gasteiger partial charge in [-0.1, -0.05) is 19.8 Å². The molecule has 0 bridgehead atoms. The number of methoxy groups -OCH3 is 1. The van der Waals surface area contributed by atoms with Crippen molar-refractivity contribution in [3.8, 4) is 0 Å². The number of nitrogens with one attached hydrogen (secondary N) is 1. The molecule has 0 radical (unpaired) electrons. The molecular formula is C12H24N2O2. The Hall–Kier alpha value is -0.610. The first-order chi connectivity index (χ1) is 7.56. The summed E-state index contributed by atoms with van der Waals surface area (Å²) in [6.45, 7) is 3.40. The maximum Gasteiger partial charge on any atom is 0.221 e. The Morgan fingerprint density at radius 1 is 1.50 bits per heavy atom. The number of hydrogen-bond acceptors (Lipinski definition) is 3. The Kier molecular flexibility index (Phi) is 5.22. The number of hydrogen-bond donors (Lipinski definition) is 2. The van der Waals surface area contributed by atoms with Crippen LogP contribution in [0.4, 0.5) is 0 Å². The van der Waals surface area contributed by atoms with Crippen molar-refractivity contribution in [2.45, 2.75) is 44.6 Å². The average molecular weight is 228 g/mol. The number of ether oxygens (including phenoxy) is 1. The number of carbonyl (C=O) groups is 1. The van der Waals surface area contributed by atoms with Crippen molar-refractivity contribution in [3.63, 3.8) is 0 Å². The van der Waals surface area contributed by atoms with Gasteiger partial charge in [-0.15, -0.1) is 0 Å². The minimum Gasteiger partial charge on any atom is -0.384 e. The summed E-state index contributed by atoms with van der Waals surface area (Å²) in [6, 6.07) is 0. The highest BCUT2D eigenvalue weighted by molar-refractivity contribution is 5.77. The van der Waals surface area contributed by atoms with Crippen LogP contribution in [-0.4, -0.2) is 31.7 Å². The van der Waals surface area contributed by atoms with Gasteiger partial charge in [0.15, 0.2) is 0 Å². The van der Waals surface area contributed by atoms with E-state index in [-0.39, 0.29) is 11.4 Å². The van der Waals surface area contributed by atoms with Crippen LogP contribution in [0.3, 0.4) is 0 Å². The van der Waals surface area contributed by atoms with Crippen LogP contribution in [0.1, 0.15) is 39.0 Å². The second kappa shape index (κ2) is 6.21. The van der Waals surface area contributed by atoms with E-state index in [1.807, 2.05) is 0 Å². The van der Waals surface area contributed by atoms with Gasteiger partial charge in [-0.05, 0) is 18.8 Å². The molecule has 16 heavy (non-hydrogen) atoms. The van der Waals surface area contributed by atoms with Gasteiger partial charge in [0.25, 0.3) is 0 Å². The van der Waals surface area contributed by atoms with Crippen LogP contribution in [0.2, 0.25) is 0 Å². The normalized spacial score (nSPS) is 20.7. The molecule has 0 heterocycles. The molecule has 3 N–H and O–H groups in total. The van der Waals surface area contributed by atoms with Crippen LogP contribution in [-0.2, 0) is 9.53 Å². The lowest BCUT2D eigenvalue weighted by Crippen LogP contribution is -2.43. The topological polar surface area (TPSA) is 64.3 Å². The van der Waals surface area contributed by atoms with Gasteiger partial charge in [-0.25, -0.2) is 0 Å². The van der Waals surface area contributed by atoms with Crippen LogP contribution >= 0.6 is 0 Å². The summed E-state index contributed by atoms with van der Waals surface area (Å²) in [5.41, 5.74) is 5.90. The largest absolute Gasteiger partial charge is 0.384 e. The fraction of sp³-hybridized carbons (Fsp3) is 0.917. The van der Waals surface area contributed by atoms with Crippen molar-refractivity contribution in [1.82, 2.24) is 5.32 Å². The Bertz CT molecular complexity index is 225. The molecule has 4 heteroatoms. The van der Waals surface area contributed by atoms with Gasteiger partial charge in [-0.2, -0.15) is 0 Å². The molecule has 4 nitrogen and oxygen atoms in total. The fourth-order valence-electron chi connectivity index (χ4n) is 2.27. The molecular weight excluding hydrogens is 204 g/mol. The minimum atomic E-state index is -0.241. The molecule has 0 aromatic heterocycles. The predicted molar refractivity (Wildman–Crippen MR) is 64.1 cm³/mol. The van der Waals surface area contributed by atoms with E-state index in [1.165, 1.54) is 0 Å². The first-order valence-electron chi connectivity index (χ1n) is 6.10. The lowest BCUT2D eigenvalue weighted by Gasteiger charge is -2.23. The van der Waals surface area contributed by atoms with Gasteiger partial charge in [0, 0.05) is 25.6 Å². The quantitative estimate of drug-likeness (QED) is 0.714. The molecule has 0 aliphatic heterocycles. The maximum atomic E-state index is 11.7. The van der Waals surface area contributed by atoms with E-state index in [1.54, 1.807) is 7.11 Å². The molecule has 1 unspecified atom stereocenters. The molecule has 0 aromatic rings. The van der Waals surface area contributed by atoms with Crippen molar-refractivity contribution < 1.29 is 9.53 Å². The lowest BCUT2D eigenvalue weighted by atomic mass is 9.94. The van der Waals surface area contributed by atoms with E-state index in [2.05, 4.69) is 12.2 Å². The van der Waals surface area contributed by atoms with E-state index in [9.17, 15) is 4.79 Å². The SMILES string of the molecule is COCC(C)CNC(=O)CC1(N)CCCC1. The van der Waals surface area contributed by atoms with Gasteiger partial charge >= 0.3 is 0 Å². The van der Waals surface area contributed by atoms with Gasteiger partial charge < -0.3 is 15.8 Å². The predicted octanol–water partition coefficient (Wildman–Crippen LogP) is 1.05. The van der Waals surface area contributed by atoms with Crippen molar-refractivity contribution >= 4 is 5.91 Å². The standard InChI is InChI=1S/C12H24N2O2/c1-10(9-16-2)8-14-11(15)7-12(13)5-3-4-6-12/h10H,3-9,13H2,1-2H3,(H,14,15). The Labute approximate surface area is 97.9 Å². The maximum absolute atomic E-state index is 11.7. The van der Waals surface area contributed by atoms with Crippen molar-refractivity contribution in [1.29, 1.82) is 0 Å². The Morgan fingerprint density at radius 3 is 2.69 bits per heavy atom. The molecule has 0 spiro atoms. The van der Waals surface area contributed by atoms with Crippen LogP contribution in [0.5, 0.6) is 0 Å². The highest BCUT2D eigenvalue weighted by atomic mass is 16.5. The smallest absolute Gasteiger partial charge is 0.221 e. The average Bonchev–Trinajstić information content (AvgIpc) is 2.62. The molecule has 0 saturated heterocycles. The zero-order chi connectivity index (χ0) is 12.0. The summed E-state index contributed by atoms with van der Waals surface area (Å²) in [7, 11) is 1.67. The lowest BCUT2D eigenvalue weighted by molar-refractivity contribution is -0.122. The van der Waals surface area contributed by atoms with Crippen LogP contribution < -0.4 is 11.1 Å². The van der Waals surface area contributed by atoms with Crippen LogP contribution in [0.25, 0.3) is 0 Å². The summed E-state index contributed by atoms with van der Waals surface area (Å²) >= 11 is 0. The molecule has 1 aliphatic rings. The number of amides is 1. The Morgan fingerprint density at radius 2 is 2.12 bits per heavy atom. The highest BCUT2D eigenvalue weighted by Crippen LogP contribution is 2.29. The van der Waals surface area contributed by atoms with Crippen molar-refractivity contribution in [2.24, 2.45) is 11.7 Å². The summed E-state index contributed by atoms with van der Waals surface area (Å²) < 4.78 is 5.01. The second-order valence-corrected chi connectivity index (χ2v) is 5.11. The zero-order valence-corrected chi connectivity index (χ0v) is 10.4. The van der Waals surface area contributed by atoms with Crippen molar-refractivity contribution in [2.75, 3.05) is 20.3 Å². The van der Waals surface area contributed by atoms with Crippen molar-refractivity contribution in [3.05, 3.63) is 0 Å². The summed E-state index contributed by atoms with van der Waals surface area (Å²) in [6.07, 6.45) is 4.74. The molecule has 1 amide bonds. The summed E-state index contributed by atoms with van der Waals surface area (Å²) in [4.78, 5) is 11.7. The third-order valence-electron chi connectivity index (χ3n) is 3.21. The summed E-state index contributed by atoms with van der Waals surface area (Å²) in [5.74, 6) is 0.429. The number of rotatable bonds is 6. The van der Waals surface area contributed by atoms with E-state index in [0.29, 0.717) is 25.5 Å². The zero-order valence-electron chi connectivity index (χ0n) is 10.4. The highest BCUT2D eigenvalue weighted by Gasteiger charge is 2.31. The van der Waals surface area contributed by atoms with Gasteiger partial charge in [0.05, 0.1) is 6.61 Å². The molecule has 1 atom stereocenters. The first-order valence-corrected chi connectivity index (χ1v) is 6.10. The third kappa shape index (κ3) is 4.49. The molecule has 0 aromatic carbocycles. The van der Waals surface area contributed by atoms with Crippen LogP contribution in [0.15, 0.2) is 0 Å². The first kappa shape index (κ1) is 13.5. The van der Waals surface area contributed by atoms with Gasteiger partial charge in [-0.3, -0.25) is 4.79 Å². The number of nitrogens with two attached hydrogens (primary N) is 1.